The van der Waals surface area contributed by atoms with Crippen LogP contribution in [-0.2, 0) is 6.61 Å². The fourth-order valence-electron chi connectivity index (χ4n) is 1.94. The maximum Gasteiger partial charge on any atom is 0.124 e. The largest absolute Gasteiger partial charge is 0.488 e. The van der Waals surface area contributed by atoms with Crippen molar-refractivity contribution in [2.45, 2.75) is 26.5 Å². The van der Waals surface area contributed by atoms with Crippen molar-refractivity contribution >= 4 is 11.6 Å². The second-order valence-electron chi connectivity index (χ2n) is 4.85. The molecule has 0 aliphatic rings. The second kappa shape index (κ2) is 6.25. The minimum Gasteiger partial charge on any atom is -0.488 e. The van der Waals surface area contributed by atoms with Crippen LogP contribution in [0.5, 0.6) is 5.75 Å². The molecule has 0 fully saturated rings. The van der Waals surface area contributed by atoms with Crippen molar-refractivity contribution in [3.63, 3.8) is 0 Å². The Bertz CT molecular complexity index is 613. The third-order valence-electron chi connectivity index (χ3n) is 3.06. The van der Waals surface area contributed by atoms with Gasteiger partial charge in [0.25, 0.3) is 0 Å². The SMILES string of the molecule is Cc1ccc(C(C)N)c(OCc2ccc(F)cc2Cl)c1. The first-order chi connectivity index (χ1) is 9.47. The molecule has 2 aromatic rings. The molecule has 0 heterocycles. The lowest BCUT2D eigenvalue weighted by Crippen LogP contribution is -2.08. The zero-order valence-corrected chi connectivity index (χ0v) is 12.2. The standard InChI is InChI=1S/C16H17ClFNO/c1-10-3-6-14(11(2)19)16(7-10)20-9-12-4-5-13(18)8-15(12)17/h3-8,11H,9,19H2,1-2H3. The third-order valence-corrected chi connectivity index (χ3v) is 3.41. The fraction of sp³-hybridized carbons (Fsp3) is 0.250. The summed E-state index contributed by atoms with van der Waals surface area (Å²) in [5.41, 5.74) is 8.70. The van der Waals surface area contributed by atoms with E-state index in [1.807, 2.05) is 32.0 Å². The van der Waals surface area contributed by atoms with Gasteiger partial charge in [-0.2, -0.15) is 0 Å². The van der Waals surface area contributed by atoms with Crippen LogP contribution in [0.25, 0.3) is 0 Å². The molecule has 2 rings (SSSR count). The first-order valence-corrected chi connectivity index (χ1v) is 6.78. The van der Waals surface area contributed by atoms with E-state index in [0.717, 1.165) is 22.4 Å². The first-order valence-electron chi connectivity index (χ1n) is 6.40. The van der Waals surface area contributed by atoms with Crippen LogP contribution in [0.15, 0.2) is 36.4 Å². The van der Waals surface area contributed by atoms with Crippen molar-refractivity contribution in [3.05, 3.63) is 63.9 Å². The van der Waals surface area contributed by atoms with Crippen LogP contribution in [0.2, 0.25) is 5.02 Å². The summed E-state index contributed by atoms with van der Waals surface area (Å²) < 4.78 is 18.8. The van der Waals surface area contributed by atoms with Crippen LogP contribution in [0, 0.1) is 12.7 Å². The summed E-state index contributed by atoms with van der Waals surface area (Å²) in [5, 5.41) is 0.361. The Kier molecular flexibility index (Phi) is 4.63. The number of ether oxygens (including phenoxy) is 1. The Morgan fingerprint density at radius 1 is 1.25 bits per heavy atom. The van der Waals surface area contributed by atoms with Crippen LogP contribution < -0.4 is 10.5 Å². The summed E-state index contributed by atoms with van der Waals surface area (Å²) in [6, 6.07) is 10.1. The van der Waals surface area contributed by atoms with E-state index >= 15 is 0 Å². The fourth-order valence-corrected chi connectivity index (χ4v) is 2.16. The lowest BCUT2D eigenvalue weighted by molar-refractivity contribution is 0.301. The maximum absolute atomic E-state index is 13.0. The highest BCUT2D eigenvalue weighted by Crippen LogP contribution is 2.27. The molecule has 1 unspecified atom stereocenters. The van der Waals surface area contributed by atoms with Crippen LogP contribution in [0.1, 0.15) is 29.7 Å². The molecule has 2 nitrogen and oxygen atoms in total. The molecule has 0 bridgehead atoms. The van der Waals surface area contributed by atoms with Gasteiger partial charge in [-0.05, 0) is 37.6 Å². The Labute approximate surface area is 123 Å². The molecule has 0 aromatic heterocycles. The zero-order valence-electron chi connectivity index (χ0n) is 11.5. The number of aryl methyl sites for hydroxylation is 1. The number of hydrogen-bond donors (Lipinski definition) is 1. The van der Waals surface area contributed by atoms with E-state index < -0.39 is 0 Å². The zero-order chi connectivity index (χ0) is 14.7. The Balaban J connectivity index is 2.20. The molecule has 1 atom stereocenters. The van der Waals surface area contributed by atoms with Gasteiger partial charge < -0.3 is 10.5 Å². The molecule has 20 heavy (non-hydrogen) atoms. The molecular formula is C16H17ClFNO. The molecule has 0 amide bonds. The summed E-state index contributed by atoms with van der Waals surface area (Å²) in [5.74, 6) is 0.381. The van der Waals surface area contributed by atoms with Gasteiger partial charge >= 0.3 is 0 Å². The summed E-state index contributed by atoms with van der Waals surface area (Å²) >= 11 is 5.98. The number of halogens is 2. The predicted octanol–water partition coefficient (Wildman–Crippen LogP) is 4.39. The molecule has 0 saturated heterocycles. The van der Waals surface area contributed by atoms with Crippen molar-refractivity contribution in [1.29, 1.82) is 0 Å². The smallest absolute Gasteiger partial charge is 0.124 e. The minimum absolute atomic E-state index is 0.116. The third kappa shape index (κ3) is 3.50. The average molecular weight is 294 g/mol. The molecule has 0 aliphatic heterocycles. The monoisotopic (exact) mass is 293 g/mol. The van der Waals surface area contributed by atoms with Gasteiger partial charge in [-0.25, -0.2) is 4.39 Å². The predicted molar refractivity (Wildman–Crippen MR) is 79.5 cm³/mol. The van der Waals surface area contributed by atoms with Crippen molar-refractivity contribution in [1.82, 2.24) is 0 Å². The van der Waals surface area contributed by atoms with Crippen molar-refractivity contribution in [3.8, 4) is 5.75 Å². The van der Waals surface area contributed by atoms with E-state index in [1.165, 1.54) is 12.1 Å². The van der Waals surface area contributed by atoms with Gasteiger partial charge in [0.1, 0.15) is 18.2 Å². The lowest BCUT2D eigenvalue weighted by atomic mass is 10.1. The van der Waals surface area contributed by atoms with Gasteiger partial charge in [-0.15, -0.1) is 0 Å². The Hall–Kier alpha value is -1.58. The number of rotatable bonds is 4. The molecule has 2 aromatic carbocycles. The highest BCUT2D eigenvalue weighted by Gasteiger charge is 2.10. The molecule has 0 spiro atoms. The Morgan fingerprint density at radius 2 is 2.00 bits per heavy atom. The van der Waals surface area contributed by atoms with E-state index in [9.17, 15) is 4.39 Å². The lowest BCUT2D eigenvalue weighted by Gasteiger charge is -2.15. The van der Waals surface area contributed by atoms with Crippen LogP contribution in [-0.4, -0.2) is 0 Å². The molecule has 2 N–H and O–H groups in total. The average Bonchev–Trinajstić information content (AvgIpc) is 2.37. The summed E-state index contributed by atoms with van der Waals surface area (Å²) in [6.07, 6.45) is 0. The normalized spacial score (nSPS) is 12.2. The molecule has 0 saturated carbocycles. The summed E-state index contributed by atoms with van der Waals surface area (Å²) in [6.45, 7) is 4.17. The van der Waals surface area contributed by atoms with Gasteiger partial charge in [0.05, 0.1) is 5.02 Å². The quantitative estimate of drug-likeness (QED) is 0.907. The number of hydrogen-bond acceptors (Lipinski definition) is 2. The molecule has 0 aliphatic carbocycles. The van der Waals surface area contributed by atoms with Gasteiger partial charge in [0.15, 0.2) is 0 Å². The van der Waals surface area contributed by atoms with E-state index in [2.05, 4.69) is 0 Å². The van der Waals surface area contributed by atoms with Crippen molar-refractivity contribution < 1.29 is 9.13 Å². The van der Waals surface area contributed by atoms with E-state index in [1.54, 1.807) is 6.07 Å². The molecule has 0 radical (unpaired) electrons. The van der Waals surface area contributed by atoms with Crippen LogP contribution >= 0.6 is 11.6 Å². The highest BCUT2D eigenvalue weighted by atomic mass is 35.5. The first kappa shape index (κ1) is 14.8. The summed E-state index contributed by atoms with van der Waals surface area (Å²) in [4.78, 5) is 0. The highest BCUT2D eigenvalue weighted by molar-refractivity contribution is 6.31. The van der Waals surface area contributed by atoms with E-state index in [4.69, 9.17) is 22.1 Å². The minimum atomic E-state index is -0.356. The number of nitrogens with two attached hydrogens (primary N) is 1. The van der Waals surface area contributed by atoms with Gasteiger partial charge in [-0.1, -0.05) is 29.8 Å². The van der Waals surface area contributed by atoms with E-state index in [-0.39, 0.29) is 18.5 Å². The maximum atomic E-state index is 13.0. The second-order valence-corrected chi connectivity index (χ2v) is 5.26. The van der Waals surface area contributed by atoms with Crippen LogP contribution in [0.3, 0.4) is 0 Å². The van der Waals surface area contributed by atoms with E-state index in [0.29, 0.717) is 5.02 Å². The topological polar surface area (TPSA) is 35.2 Å². The number of benzene rings is 2. The van der Waals surface area contributed by atoms with Crippen molar-refractivity contribution in [2.75, 3.05) is 0 Å². The Morgan fingerprint density at radius 3 is 2.65 bits per heavy atom. The van der Waals surface area contributed by atoms with Crippen LogP contribution in [0.4, 0.5) is 4.39 Å². The van der Waals surface area contributed by atoms with Gasteiger partial charge in [0.2, 0.25) is 0 Å². The van der Waals surface area contributed by atoms with Crippen molar-refractivity contribution in [2.24, 2.45) is 5.73 Å². The molecule has 4 heteroatoms. The summed E-state index contributed by atoms with van der Waals surface area (Å²) in [7, 11) is 0. The van der Waals surface area contributed by atoms with Gasteiger partial charge in [-0.3, -0.25) is 0 Å². The molecular weight excluding hydrogens is 277 g/mol. The molecule has 106 valence electrons. The van der Waals surface area contributed by atoms with Gasteiger partial charge in [0, 0.05) is 17.2 Å².